The summed E-state index contributed by atoms with van der Waals surface area (Å²) in [5.41, 5.74) is 0. The van der Waals surface area contributed by atoms with Crippen molar-refractivity contribution < 1.29 is 14.7 Å². The smallest absolute Gasteiger partial charge is 0.317 e. The summed E-state index contributed by atoms with van der Waals surface area (Å²) < 4.78 is 0. The zero-order chi connectivity index (χ0) is 15.0. The van der Waals surface area contributed by atoms with Crippen LogP contribution in [0.4, 0.5) is 4.79 Å². The number of carboxylic acids is 1. The van der Waals surface area contributed by atoms with E-state index in [9.17, 15) is 9.59 Å². The van der Waals surface area contributed by atoms with Gasteiger partial charge in [-0.15, -0.1) is 0 Å². The van der Waals surface area contributed by atoms with Crippen molar-refractivity contribution in [3.63, 3.8) is 0 Å². The fourth-order valence-electron chi connectivity index (χ4n) is 2.53. The number of rotatable bonds is 7. The molecule has 0 saturated carbocycles. The Bertz CT molecular complexity index is 321. The Morgan fingerprint density at radius 2 is 2.05 bits per heavy atom. The van der Waals surface area contributed by atoms with Gasteiger partial charge in [0, 0.05) is 19.1 Å². The van der Waals surface area contributed by atoms with Gasteiger partial charge in [0.1, 0.15) is 0 Å². The number of carbonyl (C=O) groups is 2. The van der Waals surface area contributed by atoms with Gasteiger partial charge in [-0.05, 0) is 52.7 Å². The molecule has 1 fully saturated rings. The molecule has 0 aliphatic carbocycles. The average Bonchev–Trinajstić information content (AvgIpc) is 2.37. The van der Waals surface area contributed by atoms with Gasteiger partial charge in [0.25, 0.3) is 0 Å². The molecule has 1 atom stereocenters. The van der Waals surface area contributed by atoms with Gasteiger partial charge in [0.05, 0.1) is 6.42 Å². The Hall–Kier alpha value is -1.30. The number of nitrogens with one attached hydrogen (secondary N) is 1. The highest BCUT2D eigenvalue weighted by atomic mass is 16.4. The van der Waals surface area contributed by atoms with Gasteiger partial charge in [-0.1, -0.05) is 0 Å². The number of urea groups is 1. The summed E-state index contributed by atoms with van der Waals surface area (Å²) >= 11 is 0. The summed E-state index contributed by atoms with van der Waals surface area (Å²) in [6.45, 7) is 2.34. The van der Waals surface area contributed by atoms with Gasteiger partial charge in [0.15, 0.2) is 0 Å². The minimum atomic E-state index is -0.833. The quantitative estimate of drug-likeness (QED) is 0.693. The Labute approximate surface area is 121 Å². The van der Waals surface area contributed by atoms with Crippen molar-refractivity contribution in [2.45, 2.75) is 44.6 Å². The first-order valence-electron chi connectivity index (χ1n) is 7.41. The van der Waals surface area contributed by atoms with Crippen LogP contribution in [-0.2, 0) is 4.79 Å². The predicted molar refractivity (Wildman–Crippen MR) is 77.8 cm³/mol. The molecular weight excluding hydrogens is 258 g/mol. The average molecular weight is 285 g/mol. The van der Waals surface area contributed by atoms with Crippen LogP contribution in [0.2, 0.25) is 0 Å². The number of likely N-dealkylation sites (tertiary alicyclic amines) is 1. The van der Waals surface area contributed by atoms with Crippen LogP contribution in [-0.4, -0.2) is 66.7 Å². The third-order valence-electron chi connectivity index (χ3n) is 3.61. The van der Waals surface area contributed by atoms with Crippen LogP contribution in [0.1, 0.15) is 38.5 Å². The molecule has 0 aromatic heterocycles. The largest absolute Gasteiger partial charge is 0.481 e. The second-order valence-electron chi connectivity index (χ2n) is 5.68. The Morgan fingerprint density at radius 1 is 1.30 bits per heavy atom. The number of nitrogens with zero attached hydrogens (tertiary/aromatic N) is 2. The first-order chi connectivity index (χ1) is 9.50. The Kier molecular flexibility index (Phi) is 7.36. The van der Waals surface area contributed by atoms with Gasteiger partial charge in [0.2, 0.25) is 0 Å². The van der Waals surface area contributed by atoms with Crippen molar-refractivity contribution in [1.82, 2.24) is 15.1 Å². The number of amides is 2. The van der Waals surface area contributed by atoms with Crippen molar-refractivity contribution in [2.75, 3.05) is 33.7 Å². The van der Waals surface area contributed by atoms with E-state index in [0.717, 1.165) is 38.6 Å². The van der Waals surface area contributed by atoms with Crippen LogP contribution >= 0.6 is 0 Å². The van der Waals surface area contributed by atoms with Gasteiger partial charge in [-0.2, -0.15) is 0 Å². The third kappa shape index (κ3) is 6.23. The molecule has 116 valence electrons. The van der Waals surface area contributed by atoms with Crippen molar-refractivity contribution in [3.05, 3.63) is 0 Å². The predicted octanol–water partition coefficient (Wildman–Crippen LogP) is 1.37. The lowest BCUT2D eigenvalue weighted by atomic mass is 10.00. The van der Waals surface area contributed by atoms with Gasteiger partial charge in [-0.25, -0.2) is 4.79 Å². The lowest BCUT2D eigenvalue weighted by molar-refractivity contribution is -0.138. The topological polar surface area (TPSA) is 72.9 Å². The molecule has 6 heteroatoms. The molecule has 6 nitrogen and oxygen atoms in total. The van der Waals surface area contributed by atoms with E-state index >= 15 is 0 Å². The second kappa shape index (κ2) is 8.79. The molecule has 1 unspecified atom stereocenters. The molecule has 0 spiro atoms. The van der Waals surface area contributed by atoms with Crippen molar-refractivity contribution in [3.8, 4) is 0 Å². The van der Waals surface area contributed by atoms with E-state index < -0.39 is 5.97 Å². The van der Waals surface area contributed by atoms with Gasteiger partial charge < -0.3 is 20.2 Å². The van der Waals surface area contributed by atoms with Crippen molar-refractivity contribution in [2.24, 2.45) is 0 Å². The molecular formula is C14H27N3O3. The van der Waals surface area contributed by atoms with E-state index in [4.69, 9.17) is 5.11 Å². The van der Waals surface area contributed by atoms with Gasteiger partial charge >= 0.3 is 12.0 Å². The molecule has 0 radical (unpaired) electrons. The fraction of sp³-hybridized carbons (Fsp3) is 0.857. The molecule has 1 saturated heterocycles. The number of piperidine rings is 1. The molecule has 1 aliphatic heterocycles. The maximum absolute atomic E-state index is 12.1. The summed E-state index contributed by atoms with van der Waals surface area (Å²) in [6.07, 6.45) is 4.80. The fourth-order valence-corrected chi connectivity index (χ4v) is 2.53. The van der Waals surface area contributed by atoms with E-state index in [2.05, 4.69) is 10.2 Å². The summed E-state index contributed by atoms with van der Waals surface area (Å²) in [7, 11) is 4.06. The number of hydrogen-bond acceptors (Lipinski definition) is 3. The van der Waals surface area contributed by atoms with Crippen LogP contribution in [0, 0.1) is 0 Å². The van der Waals surface area contributed by atoms with Crippen LogP contribution in [0.25, 0.3) is 0 Å². The SMILES string of the molecule is CN(C)CCCCNC(=O)N1CCCCC1CC(=O)O. The number of unbranched alkanes of at least 4 members (excludes halogenated alkanes) is 1. The maximum Gasteiger partial charge on any atom is 0.317 e. The molecule has 0 aromatic rings. The van der Waals surface area contributed by atoms with Crippen LogP contribution in [0.5, 0.6) is 0 Å². The van der Waals surface area contributed by atoms with Gasteiger partial charge in [-0.3, -0.25) is 4.79 Å². The highest BCUT2D eigenvalue weighted by molar-refractivity contribution is 5.76. The van der Waals surface area contributed by atoms with Crippen molar-refractivity contribution in [1.29, 1.82) is 0 Å². The maximum atomic E-state index is 12.1. The number of hydrogen-bond donors (Lipinski definition) is 2. The second-order valence-corrected chi connectivity index (χ2v) is 5.68. The Balaban J connectivity index is 2.30. The molecule has 2 amide bonds. The minimum Gasteiger partial charge on any atom is -0.481 e. The van der Waals surface area contributed by atoms with Crippen LogP contribution < -0.4 is 5.32 Å². The Morgan fingerprint density at radius 3 is 2.70 bits per heavy atom. The summed E-state index contributed by atoms with van der Waals surface area (Å²) in [5.74, 6) is -0.833. The van der Waals surface area contributed by atoms with E-state index in [1.54, 1.807) is 4.90 Å². The molecule has 0 bridgehead atoms. The zero-order valence-electron chi connectivity index (χ0n) is 12.6. The summed E-state index contributed by atoms with van der Waals surface area (Å²) in [4.78, 5) is 26.8. The summed E-state index contributed by atoms with van der Waals surface area (Å²) in [5, 5.41) is 11.8. The van der Waals surface area contributed by atoms with E-state index in [1.807, 2.05) is 14.1 Å². The van der Waals surface area contributed by atoms with Crippen molar-refractivity contribution >= 4 is 12.0 Å². The van der Waals surface area contributed by atoms with Crippen LogP contribution in [0.15, 0.2) is 0 Å². The van der Waals surface area contributed by atoms with E-state index in [1.165, 1.54) is 0 Å². The first-order valence-corrected chi connectivity index (χ1v) is 7.41. The van der Waals surface area contributed by atoms with E-state index in [0.29, 0.717) is 13.1 Å². The molecule has 20 heavy (non-hydrogen) atoms. The molecule has 1 heterocycles. The highest BCUT2D eigenvalue weighted by Gasteiger charge is 2.28. The molecule has 0 aromatic carbocycles. The number of aliphatic carboxylic acids is 1. The van der Waals surface area contributed by atoms with E-state index in [-0.39, 0.29) is 18.5 Å². The molecule has 1 rings (SSSR count). The highest BCUT2D eigenvalue weighted by Crippen LogP contribution is 2.19. The normalized spacial score (nSPS) is 19.1. The van der Waals surface area contributed by atoms with Crippen LogP contribution in [0.3, 0.4) is 0 Å². The lowest BCUT2D eigenvalue weighted by Gasteiger charge is -2.34. The zero-order valence-corrected chi connectivity index (χ0v) is 12.6. The summed E-state index contributed by atoms with van der Waals surface area (Å²) in [6, 6.07) is -0.260. The monoisotopic (exact) mass is 285 g/mol. The standard InChI is InChI=1S/C14H27N3O3/c1-16(2)9-6-4-8-15-14(20)17-10-5-3-7-12(17)11-13(18)19/h12H,3-11H2,1-2H3,(H,15,20)(H,18,19). The first kappa shape index (κ1) is 16.8. The lowest BCUT2D eigenvalue weighted by Crippen LogP contribution is -2.49. The molecule has 2 N–H and O–H groups in total. The third-order valence-corrected chi connectivity index (χ3v) is 3.61. The molecule has 1 aliphatic rings. The number of carbonyl (C=O) groups excluding carboxylic acids is 1. The minimum absolute atomic E-state index is 0.0497. The number of carboxylic acid groups (broad SMARTS) is 1.